The second-order valence-electron chi connectivity index (χ2n) is 6.86. The first-order valence-electron chi connectivity index (χ1n) is 8.91. The van der Waals surface area contributed by atoms with Crippen molar-refractivity contribution in [3.63, 3.8) is 0 Å². The van der Waals surface area contributed by atoms with Crippen LogP contribution < -0.4 is 0 Å². The van der Waals surface area contributed by atoms with E-state index in [1.807, 2.05) is 5.38 Å². The smallest absolute Gasteiger partial charge is 0.264 e. The summed E-state index contributed by atoms with van der Waals surface area (Å²) in [7, 11) is -3.14. The molecule has 4 rings (SSSR count). The molecule has 0 N–H and O–H groups in total. The van der Waals surface area contributed by atoms with Crippen LogP contribution in [0.25, 0.3) is 11.3 Å². The summed E-state index contributed by atoms with van der Waals surface area (Å²) < 4.78 is 29.9. The molecule has 1 aliphatic rings. The van der Waals surface area contributed by atoms with Crippen molar-refractivity contribution in [3.8, 4) is 11.3 Å². The van der Waals surface area contributed by atoms with Gasteiger partial charge in [-0.05, 0) is 48.2 Å². The Labute approximate surface area is 182 Å². The number of nitrogens with zero attached hydrogens (tertiary/aromatic N) is 1. The van der Waals surface area contributed by atoms with Gasteiger partial charge in [-0.3, -0.25) is 4.79 Å². The molecule has 0 aliphatic carbocycles. The fourth-order valence-corrected chi connectivity index (χ4v) is 6.18. The molecule has 2 aromatic heterocycles. The van der Waals surface area contributed by atoms with Crippen LogP contribution in [0.15, 0.2) is 52.3 Å². The Morgan fingerprint density at radius 2 is 2.03 bits per heavy atom. The zero-order chi connectivity index (χ0) is 20.6. The van der Waals surface area contributed by atoms with Crippen molar-refractivity contribution in [2.24, 2.45) is 0 Å². The van der Waals surface area contributed by atoms with Gasteiger partial charge in [0.2, 0.25) is 0 Å². The summed E-state index contributed by atoms with van der Waals surface area (Å²) in [5, 5.41) is 2.86. The first-order valence-corrected chi connectivity index (χ1v) is 12.4. The lowest BCUT2D eigenvalue weighted by Gasteiger charge is -2.27. The molecule has 1 fully saturated rings. The number of hydrogen-bond donors (Lipinski definition) is 0. The fraction of sp³-hybridized carbons (Fsp3) is 0.250. The number of furan rings is 1. The number of sulfone groups is 1. The minimum Gasteiger partial charge on any atom is -0.459 e. The van der Waals surface area contributed by atoms with E-state index in [0.717, 1.165) is 0 Å². The third-order valence-electron chi connectivity index (χ3n) is 4.82. The van der Waals surface area contributed by atoms with Gasteiger partial charge in [-0.1, -0.05) is 29.3 Å². The first kappa shape index (κ1) is 20.5. The van der Waals surface area contributed by atoms with Crippen LogP contribution in [0.4, 0.5) is 0 Å². The molecule has 3 aromatic rings. The highest BCUT2D eigenvalue weighted by molar-refractivity contribution is 7.91. The van der Waals surface area contributed by atoms with Crippen LogP contribution in [0.1, 0.15) is 21.9 Å². The van der Waals surface area contributed by atoms with Gasteiger partial charge in [0.1, 0.15) is 11.5 Å². The molecule has 1 amide bonds. The highest BCUT2D eigenvalue weighted by Crippen LogP contribution is 2.33. The average Bonchev–Trinajstić information content (AvgIpc) is 3.42. The molecule has 0 bridgehead atoms. The molecule has 29 heavy (non-hydrogen) atoms. The number of carbonyl (C=O) groups excluding carboxylic acids is 1. The maximum absolute atomic E-state index is 13.0. The Morgan fingerprint density at radius 1 is 1.21 bits per heavy atom. The lowest BCUT2D eigenvalue weighted by Crippen LogP contribution is -2.40. The Balaban J connectivity index is 1.62. The standard InChI is InChI=1S/C20H17Cl2NO4S2/c21-13-3-5-17(22)16(10-13)18-6-4-15(27-18)11-23(14-7-9-29(25,26)12-14)20(24)19-2-1-8-28-19/h1-6,8,10,14H,7,9,11-12H2/t14-/m1/s1. The van der Waals surface area contributed by atoms with Gasteiger partial charge >= 0.3 is 0 Å². The second kappa shape index (κ2) is 8.14. The normalized spacial score (nSPS) is 18.1. The number of rotatable bonds is 5. The van der Waals surface area contributed by atoms with E-state index in [2.05, 4.69) is 0 Å². The van der Waals surface area contributed by atoms with Crippen LogP contribution >= 0.6 is 34.5 Å². The van der Waals surface area contributed by atoms with E-state index in [1.165, 1.54) is 11.3 Å². The number of benzene rings is 1. The Kier molecular flexibility index (Phi) is 5.75. The van der Waals surface area contributed by atoms with Gasteiger partial charge in [0.25, 0.3) is 5.91 Å². The Hall–Kier alpha value is -1.80. The zero-order valence-corrected chi connectivity index (χ0v) is 18.3. The lowest BCUT2D eigenvalue weighted by atomic mass is 10.2. The van der Waals surface area contributed by atoms with Crippen LogP contribution in [0.2, 0.25) is 10.0 Å². The molecule has 0 radical (unpaired) electrons. The maximum Gasteiger partial charge on any atom is 0.264 e. The van der Waals surface area contributed by atoms with Gasteiger partial charge in [0.05, 0.1) is 28.0 Å². The molecule has 0 unspecified atom stereocenters. The van der Waals surface area contributed by atoms with E-state index in [4.69, 9.17) is 27.6 Å². The molecule has 5 nitrogen and oxygen atoms in total. The summed E-state index contributed by atoms with van der Waals surface area (Å²) in [6, 6.07) is 11.8. The lowest BCUT2D eigenvalue weighted by molar-refractivity contribution is 0.0671. The quantitative estimate of drug-likeness (QED) is 0.518. The van der Waals surface area contributed by atoms with Crippen molar-refractivity contribution in [3.05, 3.63) is 68.5 Å². The topological polar surface area (TPSA) is 67.6 Å². The van der Waals surface area contributed by atoms with Crippen LogP contribution in [0.5, 0.6) is 0 Å². The molecule has 1 saturated heterocycles. The van der Waals surface area contributed by atoms with Gasteiger partial charge in [0, 0.05) is 16.6 Å². The van der Waals surface area contributed by atoms with Gasteiger partial charge in [-0.2, -0.15) is 0 Å². The van der Waals surface area contributed by atoms with Crippen molar-refractivity contribution >= 4 is 50.3 Å². The number of thiophene rings is 1. The molecule has 3 heterocycles. The number of amides is 1. The highest BCUT2D eigenvalue weighted by atomic mass is 35.5. The molecular formula is C20H17Cl2NO4S2. The first-order chi connectivity index (χ1) is 13.8. The summed E-state index contributed by atoms with van der Waals surface area (Å²) in [6.07, 6.45) is 0.424. The van der Waals surface area contributed by atoms with E-state index < -0.39 is 9.84 Å². The van der Waals surface area contributed by atoms with Gasteiger partial charge in [-0.15, -0.1) is 11.3 Å². The van der Waals surface area contributed by atoms with Gasteiger partial charge in [-0.25, -0.2) is 8.42 Å². The SMILES string of the molecule is O=C(c1cccs1)N(Cc1ccc(-c2cc(Cl)ccc2Cl)o1)[C@@H]1CCS(=O)(=O)C1. The molecular weight excluding hydrogens is 453 g/mol. The van der Waals surface area contributed by atoms with Crippen LogP contribution in [0, 0.1) is 0 Å². The number of halogens is 2. The monoisotopic (exact) mass is 469 g/mol. The predicted octanol–water partition coefficient (Wildman–Crippen LogP) is 5.14. The molecule has 0 spiro atoms. The van der Waals surface area contributed by atoms with Gasteiger partial charge in [0.15, 0.2) is 9.84 Å². The predicted molar refractivity (Wildman–Crippen MR) is 115 cm³/mol. The van der Waals surface area contributed by atoms with Crippen molar-refractivity contribution in [2.45, 2.75) is 19.0 Å². The third-order valence-corrected chi connectivity index (χ3v) is 8.00. The van der Waals surface area contributed by atoms with E-state index >= 15 is 0 Å². The van der Waals surface area contributed by atoms with Crippen molar-refractivity contribution in [1.29, 1.82) is 0 Å². The van der Waals surface area contributed by atoms with Crippen LogP contribution in [0.3, 0.4) is 0 Å². The zero-order valence-electron chi connectivity index (χ0n) is 15.2. The fourth-order valence-electron chi connectivity index (χ4n) is 3.39. The van der Waals surface area contributed by atoms with Crippen molar-refractivity contribution in [2.75, 3.05) is 11.5 Å². The third kappa shape index (κ3) is 4.53. The van der Waals surface area contributed by atoms with Crippen molar-refractivity contribution in [1.82, 2.24) is 4.90 Å². The van der Waals surface area contributed by atoms with Crippen molar-refractivity contribution < 1.29 is 17.6 Å². The molecule has 9 heteroatoms. The van der Waals surface area contributed by atoms with E-state index in [9.17, 15) is 13.2 Å². The second-order valence-corrected chi connectivity index (χ2v) is 10.9. The largest absolute Gasteiger partial charge is 0.459 e. The minimum atomic E-state index is -3.14. The average molecular weight is 470 g/mol. The summed E-state index contributed by atoms with van der Waals surface area (Å²) in [5.74, 6) is 0.951. The molecule has 1 aromatic carbocycles. The van der Waals surface area contributed by atoms with Crippen LogP contribution in [-0.4, -0.2) is 36.8 Å². The van der Waals surface area contributed by atoms with E-state index in [0.29, 0.717) is 38.4 Å². The summed E-state index contributed by atoms with van der Waals surface area (Å²) in [6.45, 7) is 0.176. The molecule has 1 atom stereocenters. The molecule has 1 aliphatic heterocycles. The van der Waals surface area contributed by atoms with E-state index in [1.54, 1.807) is 47.4 Å². The Bertz CT molecular complexity index is 1140. The number of carbonyl (C=O) groups is 1. The Morgan fingerprint density at radius 3 is 2.72 bits per heavy atom. The number of hydrogen-bond acceptors (Lipinski definition) is 5. The molecule has 0 saturated carbocycles. The highest BCUT2D eigenvalue weighted by Gasteiger charge is 2.35. The summed E-state index contributed by atoms with van der Waals surface area (Å²) in [5.41, 5.74) is 0.657. The van der Waals surface area contributed by atoms with Crippen LogP contribution in [-0.2, 0) is 16.4 Å². The minimum absolute atomic E-state index is 0.0300. The van der Waals surface area contributed by atoms with Gasteiger partial charge < -0.3 is 9.32 Å². The maximum atomic E-state index is 13.0. The molecule has 152 valence electrons. The summed E-state index contributed by atoms with van der Waals surface area (Å²) in [4.78, 5) is 15.2. The van der Waals surface area contributed by atoms with E-state index in [-0.39, 0.29) is 30.0 Å². The summed E-state index contributed by atoms with van der Waals surface area (Å²) >= 11 is 13.6.